The standard InChI is InChI=1S/C23H28F2N4/c1-4-15(9-10-27-5-2)29-20-11-17(22-14(3)7-6-8-19(22)24)23(25)18-13-28-21(26)12-16(18)20/h6-8,11-13,15,27,29H,4-5,9-10H2,1-3H3,(H2,26,28). The Labute approximate surface area is 170 Å². The molecule has 4 N–H and O–H groups in total. The molecule has 1 unspecified atom stereocenters. The maximum Gasteiger partial charge on any atom is 0.140 e. The molecule has 6 heteroatoms. The van der Waals surface area contributed by atoms with Gasteiger partial charge in [-0.15, -0.1) is 0 Å². The molecule has 154 valence electrons. The molecule has 0 aliphatic rings. The van der Waals surface area contributed by atoms with Crippen LogP contribution in [0.1, 0.15) is 32.3 Å². The maximum absolute atomic E-state index is 15.4. The molecule has 4 nitrogen and oxygen atoms in total. The highest BCUT2D eigenvalue weighted by Gasteiger charge is 2.19. The van der Waals surface area contributed by atoms with Gasteiger partial charge in [-0.1, -0.05) is 26.0 Å². The number of nitrogens with two attached hydrogens (primary N) is 1. The average molecular weight is 399 g/mol. The van der Waals surface area contributed by atoms with Crippen LogP contribution in [0.2, 0.25) is 0 Å². The van der Waals surface area contributed by atoms with E-state index in [1.807, 2.05) is 0 Å². The Balaban J connectivity index is 2.15. The lowest BCUT2D eigenvalue weighted by Gasteiger charge is -2.22. The Morgan fingerprint density at radius 1 is 1.14 bits per heavy atom. The lowest BCUT2D eigenvalue weighted by atomic mass is 9.95. The number of fused-ring (bicyclic) bond motifs is 1. The van der Waals surface area contributed by atoms with Crippen LogP contribution in [0.25, 0.3) is 21.9 Å². The number of aryl methyl sites for hydroxylation is 1. The highest BCUT2D eigenvalue weighted by atomic mass is 19.1. The van der Waals surface area contributed by atoms with Gasteiger partial charge in [0.15, 0.2) is 0 Å². The number of pyridine rings is 1. The van der Waals surface area contributed by atoms with E-state index in [-0.39, 0.29) is 17.2 Å². The molecule has 0 aliphatic heterocycles. The first-order valence-electron chi connectivity index (χ1n) is 10.1. The molecule has 0 amide bonds. The first-order chi connectivity index (χ1) is 14.0. The molecule has 1 aromatic heterocycles. The van der Waals surface area contributed by atoms with Gasteiger partial charge in [-0.3, -0.25) is 0 Å². The van der Waals surface area contributed by atoms with E-state index in [0.29, 0.717) is 22.2 Å². The first-order valence-corrected chi connectivity index (χ1v) is 10.1. The van der Waals surface area contributed by atoms with E-state index in [4.69, 9.17) is 5.73 Å². The fourth-order valence-electron chi connectivity index (χ4n) is 3.63. The summed E-state index contributed by atoms with van der Waals surface area (Å²) in [5.74, 6) is -0.626. The molecule has 0 bridgehead atoms. The summed E-state index contributed by atoms with van der Waals surface area (Å²) in [7, 11) is 0. The summed E-state index contributed by atoms with van der Waals surface area (Å²) < 4.78 is 30.0. The quantitative estimate of drug-likeness (QED) is 0.453. The Morgan fingerprint density at radius 2 is 1.93 bits per heavy atom. The Morgan fingerprint density at radius 3 is 2.62 bits per heavy atom. The predicted octanol–water partition coefficient (Wildman–Crippen LogP) is 5.26. The van der Waals surface area contributed by atoms with Crippen LogP contribution in [-0.2, 0) is 0 Å². The number of hydrogen-bond acceptors (Lipinski definition) is 4. The molecule has 0 spiro atoms. The molecule has 0 saturated heterocycles. The number of hydrogen-bond donors (Lipinski definition) is 3. The third-order valence-electron chi connectivity index (χ3n) is 5.24. The number of nitrogens with zero attached hydrogens (tertiary/aromatic N) is 1. The normalized spacial score (nSPS) is 12.3. The predicted molar refractivity (Wildman–Crippen MR) is 117 cm³/mol. The fourth-order valence-corrected chi connectivity index (χ4v) is 3.63. The lowest BCUT2D eigenvalue weighted by Crippen LogP contribution is -2.25. The van der Waals surface area contributed by atoms with Crippen LogP contribution in [-0.4, -0.2) is 24.1 Å². The molecular formula is C23H28F2N4. The van der Waals surface area contributed by atoms with Crippen LogP contribution in [0.4, 0.5) is 20.3 Å². The minimum Gasteiger partial charge on any atom is -0.384 e. The minimum absolute atomic E-state index is 0.187. The number of rotatable bonds is 8. The van der Waals surface area contributed by atoms with Gasteiger partial charge in [0.25, 0.3) is 0 Å². The summed E-state index contributed by atoms with van der Waals surface area (Å²) in [5, 5.41) is 7.82. The Hall–Kier alpha value is -2.73. The Bertz CT molecular complexity index is 984. The van der Waals surface area contributed by atoms with Crippen LogP contribution < -0.4 is 16.4 Å². The number of benzene rings is 2. The molecule has 29 heavy (non-hydrogen) atoms. The van der Waals surface area contributed by atoms with Crippen molar-refractivity contribution < 1.29 is 8.78 Å². The molecule has 0 aliphatic carbocycles. The van der Waals surface area contributed by atoms with Crippen molar-refractivity contribution in [2.75, 3.05) is 24.1 Å². The molecule has 0 radical (unpaired) electrons. The largest absolute Gasteiger partial charge is 0.384 e. The third kappa shape index (κ3) is 4.48. The lowest BCUT2D eigenvalue weighted by molar-refractivity contribution is 0.585. The summed E-state index contributed by atoms with van der Waals surface area (Å²) in [6, 6.07) is 8.30. The zero-order valence-electron chi connectivity index (χ0n) is 17.2. The van der Waals surface area contributed by atoms with E-state index in [1.54, 1.807) is 31.2 Å². The van der Waals surface area contributed by atoms with Crippen LogP contribution in [0.5, 0.6) is 0 Å². The van der Waals surface area contributed by atoms with Crippen molar-refractivity contribution in [3.63, 3.8) is 0 Å². The third-order valence-corrected chi connectivity index (χ3v) is 5.24. The second-order valence-electron chi connectivity index (χ2n) is 7.26. The SMILES string of the molecule is CCNCCC(CC)Nc1cc(-c2c(C)cccc2F)c(F)c2cnc(N)cc12. The smallest absolute Gasteiger partial charge is 0.140 e. The number of nitrogens with one attached hydrogen (secondary N) is 2. The van der Waals surface area contributed by atoms with Crippen molar-refractivity contribution in [1.82, 2.24) is 10.3 Å². The summed E-state index contributed by atoms with van der Waals surface area (Å²) in [6.07, 6.45) is 3.24. The summed E-state index contributed by atoms with van der Waals surface area (Å²) in [4.78, 5) is 4.06. The molecule has 1 heterocycles. The number of anilines is 2. The van der Waals surface area contributed by atoms with E-state index >= 15 is 4.39 Å². The second kappa shape index (κ2) is 9.18. The first kappa shape index (κ1) is 21.0. The fraction of sp³-hybridized carbons (Fsp3) is 0.348. The van der Waals surface area contributed by atoms with Crippen LogP contribution in [0.15, 0.2) is 36.5 Å². The van der Waals surface area contributed by atoms with E-state index in [1.165, 1.54) is 12.3 Å². The van der Waals surface area contributed by atoms with Crippen LogP contribution >= 0.6 is 0 Å². The topological polar surface area (TPSA) is 63.0 Å². The summed E-state index contributed by atoms with van der Waals surface area (Å²) >= 11 is 0. The van der Waals surface area contributed by atoms with Gasteiger partial charge in [-0.25, -0.2) is 13.8 Å². The zero-order valence-corrected chi connectivity index (χ0v) is 17.2. The van der Waals surface area contributed by atoms with Gasteiger partial charge in [-0.05, 0) is 56.6 Å². The van der Waals surface area contributed by atoms with Gasteiger partial charge in [0, 0.05) is 39.8 Å². The van der Waals surface area contributed by atoms with Gasteiger partial charge in [-0.2, -0.15) is 0 Å². The monoisotopic (exact) mass is 398 g/mol. The highest BCUT2D eigenvalue weighted by molar-refractivity contribution is 5.99. The molecule has 2 aromatic carbocycles. The molecule has 3 aromatic rings. The average Bonchev–Trinajstić information content (AvgIpc) is 2.70. The molecule has 0 saturated carbocycles. The van der Waals surface area contributed by atoms with Gasteiger partial charge >= 0.3 is 0 Å². The number of halogens is 2. The summed E-state index contributed by atoms with van der Waals surface area (Å²) in [6.45, 7) is 7.74. The van der Waals surface area contributed by atoms with Crippen molar-refractivity contribution in [3.8, 4) is 11.1 Å². The van der Waals surface area contributed by atoms with Crippen molar-refractivity contribution >= 4 is 22.3 Å². The maximum atomic E-state index is 15.4. The van der Waals surface area contributed by atoms with Crippen LogP contribution in [0, 0.1) is 18.6 Å². The van der Waals surface area contributed by atoms with Gasteiger partial charge in [0.2, 0.25) is 0 Å². The van der Waals surface area contributed by atoms with Gasteiger partial charge in [0.1, 0.15) is 17.5 Å². The Kier molecular flexibility index (Phi) is 6.64. The highest BCUT2D eigenvalue weighted by Crippen LogP contribution is 2.37. The van der Waals surface area contributed by atoms with Crippen molar-refractivity contribution in [2.45, 2.75) is 39.7 Å². The number of aromatic nitrogens is 1. The number of nitrogen functional groups attached to an aromatic ring is 1. The van der Waals surface area contributed by atoms with Gasteiger partial charge in [0.05, 0.1) is 0 Å². The van der Waals surface area contributed by atoms with E-state index in [9.17, 15) is 4.39 Å². The minimum atomic E-state index is -0.494. The molecule has 3 rings (SSSR count). The molecule has 0 fully saturated rings. The van der Waals surface area contributed by atoms with Crippen molar-refractivity contribution in [1.29, 1.82) is 0 Å². The van der Waals surface area contributed by atoms with E-state index in [2.05, 4.69) is 29.5 Å². The molecular weight excluding hydrogens is 370 g/mol. The summed E-state index contributed by atoms with van der Waals surface area (Å²) in [5.41, 5.74) is 7.78. The van der Waals surface area contributed by atoms with E-state index in [0.717, 1.165) is 31.6 Å². The van der Waals surface area contributed by atoms with Crippen LogP contribution in [0.3, 0.4) is 0 Å². The van der Waals surface area contributed by atoms with Crippen molar-refractivity contribution in [2.24, 2.45) is 0 Å². The van der Waals surface area contributed by atoms with Crippen molar-refractivity contribution in [3.05, 3.63) is 53.7 Å². The second-order valence-corrected chi connectivity index (χ2v) is 7.26. The van der Waals surface area contributed by atoms with Gasteiger partial charge < -0.3 is 16.4 Å². The van der Waals surface area contributed by atoms with E-state index < -0.39 is 11.6 Å². The molecule has 1 atom stereocenters. The zero-order chi connectivity index (χ0) is 21.0.